The van der Waals surface area contributed by atoms with Gasteiger partial charge >= 0.3 is 0 Å². The van der Waals surface area contributed by atoms with Crippen LogP contribution in [0.15, 0.2) is 79.0 Å². The van der Waals surface area contributed by atoms with Crippen LogP contribution in [0.1, 0.15) is 5.56 Å². The molecule has 128 valence electrons. The largest absolute Gasteiger partial charge is 0.336 e. The van der Waals surface area contributed by atoms with Crippen LogP contribution in [0.4, 0.5) is 17.2 Å². The molecule has 0 saturated heterocycles. The van der Waals surface area contributed by atoms with Gasteiger partial charge in [-0.15, -0.1) is 0 Å². The van der Waals surface area contributed by atoms with Crippen LogP contribution < -0.4 is 9.62 Å². The molecule has 0 radical (unpaired) electrons. The van der Waals surface area contributed by atoms with Gasteiger partial charge in [-0.1, -0.05) is 48.5 Å². The van der Waals surface area contributed by atoms with Gasteiger partial charge in [0.1, 0.15) is 5.82 Å². The second-order valence-electron chi connectivity index (χ2n) is 5.68. The van der Waals surface area contributed by atoms with Crippen molar-refractivity contribution in [3.8, 4) is 0 Å². The molecule has 5 nitrogen and oxygen atoms in total. The summed E-state index contributed by atoms with van der Waals surface area (Å²) in [6.45, 7) is 0.686. The number of benzene rings is 2. The molecule has 3 aromatic rings. The third-order valence-electron chi connectivity index (χ3n) is 3.60. The van der Waals surface area contributed by atoms with Crippen LogP contribution in [-0.4, -0.2) is 19.7 Å². The van der Waals surface area contributed by atoms with Gasteiger partial charge in [0, 0.05) is 12.2 Å². The Labute approximate surface area is 148 Å². The van der Waals surface area contributed by atoms with Crippen LogP contribution in [0.5, 0.6) is 0 Å². The molecule has 0 amide bonds. The number of para-hydroxylation sites is 1. The van der Waals surface area contributed by atoms with E-state index in [4.69, 9.17) is 0 Å². The summed E-state index contributed by atoms with van der Waals surface area (Å²) in [5, 5.41) is 0. The molecule has 0 bridgehead atoms. The monoisotopic (exact) mass is 353 g/mol. The Morgan fingerprint density at radius 1 is 0.880 bits per heavy atom. The molecule has 0 fully saturated rings. The molecular weight excluding hydrogens is 334 g/mol. The Morgan fingerprint density at radius 2 is 1.52 bits per heavy atom. The minimum Gasteiger partial charge on any atom is -0.336 e. The lowest BCUT2D eigenvalue weighted by Crippen LogP contribution is -2.17. The van der Waals surface area contributed by atoms with Gasteiger partial charge in [-0.3, -0.25) is 4.72 Å². The number of pyridine rings is 1. The zero-order valence-electron chi connectivity index (χ0n) is 13.8. The summed E-state index contributed by atoms with van der Waals surface area (Å²) >= 11 is 0. The SMILES string of the molecule is CS(=O)(=O)Nc1ccc(N(Cc2ccccc2)c2ccccc2)cn1. The highest BCUT2D eigenvalue weighted by Crippen LogP contribution is 2.27. The van der Waals surface area contributed by atoms with E-state index in [1.807, 2.05) is 54.6 Å². The summed E-state index contributed by atoms with van der Waals surface area (Å²) in [6.07, 6.45) is 2.78. The maximum atomic E-state index is 11.3. The summed E-state index contributed by atoms with van der Waals surface area (Å²) in [5.74, 6) is 0.305. The third-order valence-corrected chi connectivity index (χ3v) is 4.18. The van der Waals surface area contributed by atoms with E-state index in [9.17, 15) is 8.42 Å². The minimum absolute atomic E-state index is 0.305. The first-order valence-corrected chi connectivity index (χ1v) is 9.71. The summed E-state index contributed by atoms with van der Waals surface area (Å²) in [4.78, 5) is 6.35. The van der Waals surface area contributed by atoms with Crippen molar-refractivity contribution in [2.75, 3.05) is 15.9 Å². The van der Waals surface area contributed by atoms with Crippen LogP contribution >= 0.6 is 0 Å². The van der Waals surface area contributed by atoms with E-state index in [-0.39, 0.29) is 0 Å². The number of nitrogens with one attached hydrogen (secondary N) is 1. The Bertz CT molecular complexity index is 912. The van der Waals surface area contributed by atoms with Crippen molar-refractivity contribution >= 4 is 27.2 Å². The molecule has 25 heavy (non-hydrogen) atoms. The maximum Gasteiger partial charge on any atom is 0.230 e. The van der Waals surface area contributed by atoms with Gasteiger partial charge in [0.25, 0.3) is 0 Å². The Balaban J connectivity index is 1.91. The highest BCUT2D eigenvalue weighted by Gasteiger charge is 2.11. The number of hydrogen-bond acceptors (Lipinski definition) is 4. The molecule has 0 aliphatic heterocycles. The van der Waals surface area contributed by atoms with Gasteiger partial charge in [-0.2, -0.15) is 0 Å². The third kappa shape index (κ3) is 4.81. The Hall–Kier alpha value is -2.86. The number of sulfonamides is 1. The zero-order chi connectivity index (χ0) is 17.7. The van der Waals surface area contributed by atoms with Crippen LogP contribution in [0, 0.1) is 0 Å². The molecule has 1 heterocycles. The second kappa shape index (κ2) is 7.36. The molecule has 0 saturated carbocycles. The topological polar surface area (TPSA) is 62.3 Å². The van der Waals surface area contributed by atoms with E-state index < -0.39 is 10.0 Å². The van der Waals surface area contributed by atoms with Crippen molar-refractivity contribution in [2.24, 2.45) is 0 Å². The average molecular weight is 353 g/mol. The normalized spacial score (nSPS) is 11.1. The number of rotatable bonds is 6. The summed E-state index contributed by atoms with van der Waals surface area (Å²) in [6, 6.07) is 23.7. The van der Waals surface area contributed by atoms with Gasteiger partial charge in [-0.05, 0) is 29.8 Å². The highest BCUT2D eigenvalue weighted by atomic mass is 32.2. The van der Waals surface area contributed by atoms with Crippen molar-refractivity contribution < 1.29 is 8.42 Å². The Morgan fingerprint density at radius 3 is 2.08 bits per heavy atom. The first kappa shape index (κ1) is 17.0. The summed E-state index contributed by atoms with van der Waals surface area (Å²) in [7, 11) is -3.34. The van der Waals surface area contributed by atoms with Crippen molar-refractivity contribution in [3.63, 3.8) is 0 Å². The molecule has 0 aliphatic rings. The van der Waals surface area contributed by atoms with E-state index >= 15 is 0 Å². The lowest BCUT2D eigenvalue weighted by molar-refractivity contribution is 0.606. The molecule has 1 aromatic heterocycles. The molecule has 6 heteroatoms. The highest BCUT2D eigenvalue weighted by molar-refractivity contribution is 7.92. The first-order valence-electron chi connectivity index (χ1n) is 7.82. The van der Waals surface area contributed by atoms with Crippen molar-refractivity contribution in [1.82, 2.24) is 4.98 Å². The van der Waals surface area contributed by atoms with Crippen molar-refractivity contribution in [3.05, 3.63) is 84.6 Å². The number of hydrogen-bond donors (Lipinski definition) is 1. The predicted octanol–water partition coefficient (Wildman–Crippen LogP) is 3.79. The van der Waals surface area contributed by atoms with Gasteiger partial charge in [0.2, 0.25) is 10.0 Å². The van der Waals surface area contributed by atoms with Crippen molar-refractivity contribution in [1.29, 1.82) is 0 Å². The fourth-order valence-corrected chi connectivity index (χ4v) is 3.00. The average Bonchev–Trinajstić information content (AvgIpc) is 2.61. The standard InChI is InChI=1S/C19H19N3O2S/c1-25(23,24)21-19-13-12-18(14-20-19)22(17-10-6-3-7-11-17)15-16-8-4-2-5-9-16/h2-14H,15H2,1H3,(H,20,21). The van der Waals surface area contributed by atoms with Crippen LogP contribution in [-0.2, 0) is 16.6 Å². The first-order chi connectivity index (χ1) is 12.0. The fraction of sp³-hybridized carbons (Fsp3) is 0.105. The summed E-state index contributed by atoms with van der Waals surface area (Å²) < 4.78 is 25.0. The van der Waals surface area contributed by atoms with E-state index in [1.54, 1.807) is 12.3 Å². The molecule has 3 rings (SSSR count). The lowest BCUT2D eigenvalue weighted by Gasteiger charge is -2.25. The van der Waals surface area contributed by atoms with E-state index in [1.165, 1.54) is 5.56 Å². The quantitative estimate of drug-likeness (QED) is 0.732. The van der Waals surface area contributed by atoms with E-state index in [2.05, 4.69) is 26.7 Å². The lowest BCUT2D eigenvalue weighted by atomic mass is 10.2. The fourth-order valence-electron chi connectivity index (χ4n) is 2.50. The molecule has 0 spiro atoms. The summed E-state index contributed by atoms with van der Waals surface area (Å²) in [5.41, 5.74) is 3.09. The van der Waals surface area contributed by atoms with Crippen LogP contribution in [0.3, 0.4) is 0 Å². The van der Waals surface area contributed by atoms with Crippen LogP contribution in [0.2, 0.25) is 0 Å². The number of nitrogens with zero attached hydrogens (tertiary/aromatic N) is 2. The molecule has 0 unspecified atom stereocenters. The van der Waals surface area contributed by atoms with Crippen LogP contribution in [0.25, 0.3) is 0 Å². The number of anilines is 3. The second-order valence-corrected chi connectivity index (χ2v) is 7.43. The van der Waals surface area contributed by atoms with Gasteiger partial charge < -0.3 is 4.90 Å². The maximum absolute atomic E-state index is 11.3. The van der Waals surface area contributed by atoms with E-state index in [0.717, 1.165) is 17.6 Å². The smallest absolute Gasteiger partial charge is 0.230 e. The molecule has 2 aromatic carbocycles. The molecule has 1 N–H and O–H groups in total. The molecule has 0 aliphatic carbocycles. The zero-order valence-corrected chi connectivity index (χ0v) is 14.6. The van der Waals surface area contributed by atoms with Gasteiger partial charge in [0.15, 0.2) is 0 Å². The van der Waals surface area contributed by atoms with E-state index in [0.29, 0.717) is 12.4 Å². The van der Waals surface area contributed by atoms with Crippen molar-refractivity contribution in [2.45, 2.75) is 6.54 Å². The number of aromatic nitrogens is 1. The molecular formula is C19H19N3O2S. The minimum atomic E-state index is -3.34. The van der Waals surface area contributed by atoms with Gasteiger partial charge in [-0.25, -0.2) is 13.4 Å². The molecule has 0 atom stereocenters. The predicted molar refractivity (Wildman–Crippen MR) is 101 cm³/mol. The Kier molecular flexibility index (Phi) is 5.00. The van der Waals surface area contributed by atoms with Gasteiger partial charge in [0.05, 0.1) is 18.1 Å².